The number of phenols is 1. The maximum Gasteiger partial charge on any atom is 0.246 e. The second-order valence-corrected chi connectivity index (χ2v) is 23.8. The fraction of sp³-hybridized carbons (Fsp3) is 0.532. The van der Waals surface area contributed by atoms with Crippen molar-refractivity contribution in [1.82, 2.24) is 25.4 Å². The molecule has 7 rings (SSSR count). The minimum Gasteiger partial charge on any atom is -0.507 e. The van der Waals surface area contributed by atoms with Crippen LogP contribution < -0.4 is 26.2 Å². The number of piperidine rings is 1. The average Bonchev–Trinajstić information content (AvgIpc) is 4.07. The Morgan fingerprint density at radius 2 is 1.43 bits per heavy atom. The predicted molar refractivity (Wildman–Crippen MR) is 318 cm³/mol. The predicted octanol–water partition coefficient (Wildman–Crippen LogP) is 9.40. The van der Waals surface area contributed by atoms with Crippen molar-refractivity contribution in [2.24, 2.45) is 11.1 Å². The molecule has 0 aliphatic carbocycles. The monoisotopic (exact) mass is 1110 g/mol. The highest BCUT2D eigenvalue weighted by molar-refractivity contribution is 7.13. The van der Waals surface area contributed by atoms with Gasteiger partial charge in [-0.1, -0.05) is 109 Å². The zero-order valence-electron chi connectivity index (χ0n) is 47.7. The number of unbranched alkanes of at least 4 members (excludes halogenated alkanes) is 9. The van der Waals surface area contributed by atoms with Crippen LogP contribution in [-0.2, 0) is 23.9 Å². The molecule has 4 amide bonds. The van der Waals surface area contributed by atoms with Crippen molar-refractivity contribution < 1.29 is 34.1 Å². The Bertz CT molecular complexity index is 2750. The summed E-state index contributed by atoms with van der Waals surface area (Å²) in [5.41, 5.74) is 12.6. The first-order valence-electron chi connectivity index (χ1n) is 28.9. The number of aryl methyl sites for hydroxylation is 1. The lowest BCUT2D eigenvalue weighted by Gasteiger charge is -2.37. The summed E-state index contributed by atoms with van der Waals surface area (Å²) >= 11 is 1.59. The second-order valence-electron chi connectivity index (χ2n) is 23.0. The quantitative estimate of drug-likeness (QED) is 0.0135. The number of nitrogens with two attached hydrogens (primary N) is 1. The van der Waals surface area contributed by atoms with Crippen LogP contribution in [0.4, 0.5) is 11.4 Å². The molecule has 0 spiro atoms. The summed E-state index contributed by atoms with van der Waals surface area (Å²) in [6.45, 7) is 14.1. The van der Waals surface area contributed by atoms with Gasteiger partial charge in [0.1, 0.15) is 23.9 Å². The number of amidine groups is 1. The number of aromatic hydroxyl groups is 1. The Labute approximate surface area is 477 Å². The van der Waals surface area contributed by atoms with Gasteiger partial charge in [-0.15, -0.1) is 11.3 Å². The first-order chi connectivity index (χ1) is 38.4. The van der Waals surface area contributed by atoms with E-state index in [1.807, 2.05) is 69.3 Å². The van der Waals surface area contributed by atoms with Gasteiger partial charge in [-0.2, -0.15) is 0 Å². The molecule has 3 aliphatic rings. The van der Waals surface area contributed by atoms with Crippen LogP contribution in [-0.4, -0.2) is 130 Å². The molecule has 0 radical (unpaired) electrons. The van der Waals surface area contributed by atoms with Crippen LogP contribution in [0.25, 0.3) is 10.4 Å². The van der Waals surface area contributed by atoms with Gasteiger partial charge in [-0.05, 0) is 92.5 Å². The lowest BCUT2D eigenvalue weighted by atomic mass is 9.85. The average molecular weight is 1120 g/mol. The smallest absolute Gasteiger partial charge is 0.246 e. The number of thiazole rings is 1. The van der Waals surface area contributed by atoms with E-state index in [9.17, 15) is 29.4 Å². The molecule has 432 valence electrons. The van der Waals surface area contributed by atoms with E-state index in [2.05, 4.69) is 49.7 Å². The van der Waals surface area contributed by atoms with E-state index >= 15 is 0 Å². The summed E-state index contributed by atoms with van der Waals surface area (Å²) < 4.78 is 6.19. The van der Waals surface area contributed by atoms with Crippen molar-refractivity contribution in [3.8, 4) is 16.2 Å². The van der Waals surface area contributed by atoms with E-state index in [0.29, 0.717) is 38.0 Å². The SMILES string of the molecule is Cc1ncsc1-c1ccc([C@H](C)NC(=O)[C@@H]2C[C@@H](O)CN2C(=O)C(NC(=O)CCCCCCCCCCCCC(=O)N2CCN(c3ccc(N4CCCC(O/C(=C/C(=N)c5ccccc5O)C(=N)N)C4)cc3)CC2)C(C)(C)C)cc1. The van der Waals surface area contributed by atoms with Crippen molar-refractivity contribution >= 4 is 57.9 Å². The van der Waals surface area contributed by atoms with E-state index in [4.69, 9.17) is 21.3 Å². The first-order valence-corrected chi connectivity index (χ1v) is 29.8. The van der Waals surface area contributed by atoms with Crippen molar-refractivity contribution in [2.45, 2.75) is 161 Å². The fourth-order valence-corrected chi connectivity index (χ4v) is 11.8. The van der Waals surface area contributed by atoms with Gasteiger partial charge >= 0.3 is 0 Å². The molecule has 3 aromatic carbocycles. The molecular weight excluding hydrogens is 1030 g/mol. The topological polar surface area (TPSA) is 242 Å². The number of aromatic nitrogens is 1. The van der Waals surface area contributed by atoms with Gasteiger partial charge in [-0.3, -0.25) is 30.0 Å². The molecule has 17 nitrogen and oxygen atoms in total. The van der Waals surface area contributed by atoms with E-state index in [1.54, 1.807) is 29.5 Å². The number of ether oxygens (including phenoxy) is 1. The minimum atomic E-state index is -0.852. The lowest BCUT2D eigenvalue weighted by Crippen LogP contribution is -2.57. The Morgan fingerprint density at radius 1 is 0.812 bits per heavy atom. The molecule has 8 N–H and O–H groups in total. The minimum absolute atomic E-state index is 0.0170. The molecule has 4 heterocycles. The molecule has 5 atom stereocenters. The zero-order valence-corrected chi connectivity index (χ0v) is 48.5. The van der Waals surface area contributed by atoms with Crippen LogP contribution in [0.3, 0.4) is 0 Å². The third-order valence-corrected chi connectivity index (χ3v) is 16.7. The fourth-order valence-electron chi connectivity index (χ4n) is 11.0. The van der Waals surface area contributed by atoms with Crippen LogP contribution in [0.5, 0.6) is 5.75 Å². The number of rotatable bonds is 26. The molecule has 0 bridgehead atoms. The molecule has 0 saturated carbocycles. The third-order valence-electron chi connectivity index (χ3n) is 15.7. The summed E-state index contributed by atoms with van der Waals surface area (Å²) in [4.78, 5) is 67.7. The Morgan fingerprint density at radius 3 is 2.02 bits per heavy atom. The number of para-hydroxylation sites is 1. The molecule has 2 unspecified atom stereocenters. The summed E-state index contributed by atoms with van der Waals surface area (Å²) in [6, 6.07) is 21.1. The summed E-state index contributed by atoms with van der Waals surface area (Å²) in [5, 5.41) is 43.4. The van der Waals surface area contributed by atoms with E-state index in [-0.39, 0.29) is 71.8 Å². The number of piperazine rings is 1. The van der Waals surface area contributed by atoms with Crippen molar-refractivity contribution in [3.05, 3.63) is 107 Å². The van der Waals surface area contributed by atoms with Crippen molar-refractivity contribution in [3.63, 3.8) is 0 Å². The maximum atomic E-state index is 14.1. The first kappa shape index (κ1) is 60.8. The van der Waals surface area contributed by atoms with Gasteiger partial charge < -0.3 is 50.9 Å². The summed E-state index contributed by atoms with van der Waals surface area (Å²) in [5.74, 6) is -0.808. The highest BCUT2D eigenvalue weighted by Gasteiger charge is 2.45. The molecule has 3 fully saturated rings. The highest BCUT2D eigenvalue weighted by Crippen LogP contribution is 2.31. The largest absolute Gasteiger partial charge is 0.507 e. The Kier molecular flexibility index (Phi) is 22.1. The highest BCUT2D eigenvalue weighted by atomic mass is 32.1. The number of anilines is 2. The standard InChI is InChI=1S/C62H86N10O7S/c1-42(44-24-26-45(27-25-44)57-43(2)66-41-80-57)67-60(77)52-37-48(73)39-72(52)61(78)58(62(3,4)5)68-55(75)22-14-12-10-8-6-7-9-11-13-15-23-56(76)70-35-33-69(34-36-70)46-28-30-47(31-29-46)71-32-18-19-49(40-71)79-54(59(64)65)38-51(63)50-20-16-17-21-53(50)74/h16-17,20-21,24-31,38,41-42,48-49,52,58,63,73-74H,6-15,18-19,22-23,32-37,39-40H2,1-5H3,(H3,64,65)(H,67,77)(H,68,75)/b54-38+,63-51?/t42-,48+,49?,52-,58?/m0/s1. The number of likely N-dealkylation sites (tertiary alicyclic amines) is 1. The lowest BCUT2D eigenvalue weighted by molar-refractivity contribution is -0.144. The number of nitrogens with one attached hydrogen (secondary N) is 4. The Hall–Kier alpha value is -6.79. The number of hydrogen-bond acceptors (Lipinski definition) is 13. The number of β-amino-alcohol motifs (C(OH)–C–C–N with tert-alkyl or cyclic N) is 1. The van der Waals surface area contributed by atoms with Gasteiger partial charge in [0.2, 0.25) is 23.6 Å². The molecular formula is C62H86N10O7S. The number of carbonyl (C=O) groups excluding carboxylic acids is 4. The van der Waals surface area contributed by atoms with Crippen LogP contribution >= 0.6 is 11.3 Å². The molecule has 1 aromatic heterocycles. The van der Waals surface area contributed by atoms with Gasteiger partial charge in [0.05, 0.1) is 40.5 Å². The second kappa shape index (κ2) is 29.1. The van der Waals surface area contributed by atoms with Crippen LogP contribution in [0.2, 0.25) is 0 Å². The van der Waals surface area contributed by atoms with E-state index < -0.39 is 23.6 Å². The summed E-state index contributed by atoms with van der Waals surface area (Å²) in [7, 11) is 0. The number of carbonyl (C=O) groups is 4. The van der Waals surface area contributed by atoms with E-state index in [1.165, 1.54) is 17.0 Å². The Balaban J connectivity index is 0.721. The molecule has 3 aliphatic heterocycles. The number of hydrogen-bond donors (Lipinski definition) is 7. The van der Waals surface area contributed by atoms with Gasteiger partial charge in [0.15, 0.2) is 11.6 Å². The van der Waals surface area contributed by atoms with Gasteiger partial charge in [0, 0.05) is 81.5 Å². The number of aliphatic hydroxyl groups is 1. The van der Waals surface area contributed by atoms with Crippen molar-refractivity contribution in [1.29, 1.82) is 10.8 Å². The number of aliphatic hydroxyl groups excluding tert-OH is 1. The maximum absolute atomic E-state index is 14.1. The molecule has 3 saturated heterocycles. The van der Waals surface area contributed by atoms with Crippen LogP contribution in [0.15, 0.2) is 90.1 Å². The third kappa shape index (κ3) is 17.1. The number of benzene rings is 3. The molecule has 4 aromatic rings. The number of amides is 4. The number of allylic oxidation sites excluding steroid dienone is 1. The number of phenolic OH excluding ortho intramolecular Hbond substituents is 1. The van der Waals surface area contributed by atoms with Crippen LogP contribution in [0.1, 0.15) is 147 Å². The molecule has 18 heteroatoms. The number of nitrogens with zero attached hydrogens (tertiary/aromatic N) is 5. The normalized spacial score (nSPS) is 18.6. The van der Waals surface area contributed by atoms with Crippen LogP contribution in [0, 0.1) is 23.2 Å². The summed E-state index contributed by atoms with van der Waals surface area (Å²) in [6.07, 6.45) is 13.4. The van der Waals surface area contributed by atoms with Gasteiger partial charge in [-0.25, -0.2) is 4.98 Å². The molecule has 80 heavy (non-hydrogen) atoms. The van der Waals surface area contributed by atoms with Crippen molar-refractivity contribution in [2.75, 3.05) is 55.6 Å². The van der Waals surface area contributed by atoms with E-state index in [0.717, 1.165) is 130 Å². The zero-order chi connectivity index (χ0) is 57.3. The van der Waals surface area contributed by atoms with Gasteiger partial charge in [0.25, 0.3) is 0 Å².